The summed E-state index contributed by atoms with van der Waals surface area (Å²) in [6.07, 6.45) is 1.43. The maximum Gasteiger partial charge on any atom is 0.292 e. The van der Waals surface area contributed by atoms with Crippen LogP contribution in [0.15, 0.2) is 58.4 Å². The molecule has 1 heterocycles. The second-order valence-electron chi connectivity index (χ2n) is 5.90. The molecule has 3 rings (SSSR count). The van der Waals surface area contributed by atoms with Gasteiger partial charge in [-0.25, -0.2) is 5.43 Å². The smallest absolute Gasteiger partial charge is 0.266 e. The Kier molecular flexibility index (Phi) is 6.07. The van der Waals surface area contributed by atoms with Gasteiger partial charge in [0.15, 0.2) is 5.69 Å². The Hall–Kier alpha value is -3.47. The number of rotatable bonds is 4. The van der Waals surface area contributed by atoms with E-state index in [0.29, 0.717) is 15.7 Å². The molecule has 0 bridgehead atoms. The van der Waals surface area contributed by atoms with Gasteiger partial charge in [-0.05, 0) is 48.9 Å². The maximum absolute atomic E-state index is 12.6. The van der Waals surface area contributed by atoms with Crippen LogP contribution < -0.4 is 11.0 Å². The molecule has 0 aliphatic carbocycles. The Balaban J connectivity index is 1.95. The highest BCUT2D eigenvalue weighted by Crippen LogP contribution is 2.14. The summed E-state index contributed by atoms with van der Waals surface area (Å²) in [5, 5.41) is 18.5. The number of halogens is 2. The molecule has 1 aromatic heterocycles. The van der Waals surface area contributed by atoms with Crippen LogP contribution in [-0.4, -0.2) is 21.9 Å². The summed E-state index contributed by atoms with van der Waals surface area (Å²) in [6, 6.07) is 15.0. The first-order chi connectivity index (χ1) is 13.9. The van der Waals surface area contributed by atoms with E-state index >= 15 is 0 Å². The van der Waals surface area contributed by atoms with Crippen LogP contribution >= 0.6 is 23.2 Å². The summed E-state index contributed by atoms with van der Waals surface area (Å²) in [6.45, 7) is 1.48. The third-order valence-electron chi connectivity index (χ3n) is 3.98. The number of carbonyl (C=O) groups excluding carboxylic acids is 1. The molecule has 0 saturated carbocycles. The molecule has 9 heteroatoms. The lowest BCUT2D eigenvalue weighted by Crippen LogP contribution is -2.31. The highest BCUT2D eigenvalue weighted by Gasteiger charge is 2.20. The molecular formula is C20H13Cl2N5O2. The normalized spacial score (nSPS) is 10.7. The number of nitriles is 1. The van der Waals surface area contributed by atoms with Crippen LogP contribution in [0.5, 0.6) is 0 Å². The van der Waals surface area contributed by atoms with Gasteiger partial charge in [-0.3, -0.25) is 9.59 Å². The molecule has 0 aliphatic rings. The number of hydrogen-bond acceptors (Lipinski definition) is 5. The van der Waals surface area contributed by atoms with E-state index in [1.165, 1.54) is 13.1 Å². The van der Waals surface area contributed by atoms with Gasteiger partial charge in [0.1, 0.15) is 11.6 Å². The van der Waals surface area contributed by atoms with E-state index in [1.54, 1.807) is 48.5 Å². The number of aromatic nitrogens is 2. The molecule has 0 saturated heterocycles. The molecule has 0 radical (unpaired) electrons. The minimum absolute atomic E-state index is 0.0932. The molecule has 3 aromatic rings. The zero-order valence-corrected chi connectivity index (χ0v) is 16.6. The first-order valence-electron chi connectivity index (χ1n) is 8.29. The number of hydrazone groups is 1. The van der Waals surface area contributed by atoms with Gasteiger partial charge < -0.3 is 0 Å². The summed E-state index contributed by atoms with van der Waals surface area (Å²) in [7, 11) is 0. The number of amides is 1. The number of nitrogens with one attached hydrogen (secondary N) is 1. The van der Waals surface area contributed by atoms with Crippen molar-refractivity contribution in [3.05, 3.63) is 91.3 Å². The molecule has 1 amide bonds. The van der Waals surface area contributed by atoms with E-state index in [2.05, 4.69) is 15.6 Å². The monoisotopic (exact) mass is 425 g/mol. The van der Waals surface area contributed by atoms with Crippen LogP contribution in [0.1, 0.15) is 27.2 Å². The van der Waals surface area contributed by atoms with Crippen molar-refractivity contribution < 1.29 is 4.79 Å². The van der Waals surface area contributed by atoms with Gasteiger partial charge >= 0.3 is 0 Å². The standard InChI is InChI=1S/C20H13Cl2N5O2/c1-12-17(10-23)20(29)27(16-8-6-15(22)7-9-16)26-18(12)19(28)25-24-11-13-2-4-14(21)5-3-13/h2-9,11H,1H3,(H,25,28)/b24-11+. The largest absolute Gasteiger partial charge is 0.292 e. The van der Waals surface area contributed by atoms with Crippen molar-refractivity contribution in [3.63, 3.8) is 0 Å². The van der Waals surface area contributed by atoms with Crippen LogP contribution in [-0.2, 0) is 0 Å². The first kappa shape index (κ1) is 20.3. The fraction of sp³-hybridized carbons (Fsp3) is 0.0500. The van der Waals surface area contributed by atoms with Crippen LogP contribution in [0.25, 0.3) is 5.69 Å². The van der Waals surface area contributed by atoms with Gasteiger partial charge in [0.05, 0.1) is 11.9 Å². The molecule has 0 fully saturated rings. The molecular weight excluding hydrogens is 413 g/mol. The van der Waals surface area contributed by atoms with E-state index < -0.39 is 11.5 Å². The van der Waals surface area contributed by atoms with Crippen molar-refractivity contribution in [2.75, 3.05) is 0 Å². The Morgan fingerprint density at radius 1 is 1.14 bits per heavy atom. The lowest BCUT2D eigenvalue weighted by atomic mass is 10.1. The topological polar surface area (TPSA) is 100 Å². The van der Waals surface area contributed by atoms with Crippen molar-refractivity contribution in [2.45, 2.75) is 6.92 Å². The average molecular weight is 426 g/mol. The van der Waals surface area contributed by atoms with Gasteiger partial charge in [0.25, 0.3) is 11.5 Å². The predicted octanol–water partition coefficient (Wildman–Crippen LogP) is 3.48. The molecule has 0 unspecified atom stereocenters. The van der Waals surface area contributed by atoms with Crippen LogP contribution in [0.4, 0.5) is 0 Å². The third kappa shape index (κ3) is 4.51. The SMILES string of the molecule is Cc1c(C(=O)N/N=C/c2ccc(Cl)cc2)nn(-c2ccc(Cl)cc2)c(=O)c1C#N. The Bertz CT molecular complexity index is 1190. The fourth-order valence-electron chi connectivity index (χ4n) is 2.48. The third-order valence-corrected chi connectivity index (χ3v) is 4.49. The second-order valence-corrected chi connectivity index (χ2v) is 6.78. The molecule has 0 spiro atoms. The first-order valence-corrected chi connectivity index (χ1v) is 9.05. The maximum atomic E-state index is 12.6. The van der Waals surface area contributed by atoms with E-state index in [9.17, 15) is 14.9 Å². The van der Waals surface area contributed by atoms with Crippen molar-refractivity contribution in [2.24, 2.45) is 5.10 Å². The molecule has 0 aliphatic heterocycles. The van der Waals surface area contributed by atoms with Crippen LogP contribution in [0, 0.1) is 18.3 Å². The van der Waals surface area contributed by atoms with Crippen molar-refractivity contribution in [3.8, 4) is 11.8 Å². The zero-order chi connectivity index (χ0) is 21.0. The van der Waals surface area contributed by atoms with Gasteiger partial charge in [-0.1, -0.05) is 35.3 Å². The number of hydrogen-bond donors (Lipinski definition) is 1. The van der Waals surface area contributed by atoms with Gasteiger partial charge in [-0.2, -0.15) is 20.1 Å². The zero-order valence-electron chi connectivity index (χ0n) is 15.1. The van der Waals surface area contributed by atoms with Gasteiger partial charge in [0.2, 0.25) is 0 Å². The Morgan fingerprint density at radius 3 is 2.31 bits per heavy atom. The summed E-state index contributed by atoms with van der Waals surface area (Å²) < 4.78 is 0.986. The van der Waals surface area contributed by atoms with Crippen LogP contribution in [0.2, 0.25) is 10.0 Å². The van der Waals surface area contributed by atoms with Gasteiger partial charge in [-0.15, -0.1) is 0 Å². The van der Waals surface area contributed by atoms with Crippen molar-refractivity contribution in [1.82, 2.24) is 15.2 Å². The summed E-state index contributed by atoms with van der Waals surface area (Å²) in [5.41, 5.74) is 2.71. The van der Waals surface area contributed by atoms with E-state index in [4.69, 9.17) is 23.2 Å². The van der Waals surface area contributed by atoms with E-state index in [-0.39, 0.29) is 16.8 Å². The Labute approximate surface area is 175 Å². The fourth-order valence-corrected chi connectivity index (χ4v) is 2.73. The minimum Gasteiger partial charge on any atom is -0.266 e. The lowest BCUT2D eigenvalue weighted by Gasteiger charge is -2.10. The molecule has 7 nitrogen and oxygen atoms in total. The average Bonchev–Trinajstić information content (AvgIpc) is 2.71. The van der Waals surface area contributed by atoms with Crippen LogP contribution in [0.3, 0.4) is 0 Å². The van der Waals surface area contributed by atoms with Crippen molar-refractivity contribution in [1.29, 1.82) is 5.26 Å². The second kappa shape index (κ2) is 8.69. The van der Waals surface area contributed by atoms with Crippen molar-refractivity contribution >= 4 is 35.3 Å². The number of nitrogens with zero attached hydrogens (tertiary/aromatic N) is 4. The highest BCUT2D eigenvalue weighted by molar-refractivity contribution is 6.30. The quantitative estimate of drug-likeness (QED) is 0.510. The summed E-state index contributed by atoms with van der Waals surface area (Å²) in [4.78, 5) is 25.2. The highest BCUT2D eigenvalue weighted by atomic mass is 35.5. The molecule has 2 aromatic carbocycles. The number of carbonyl (C=O) groups is 1. The lowest BCUT2D eigenvalue weighted by molar-refractivity contribution is 0.0947. The van der Waals surface area contributed by atoms with E-state index in [1.807, 2.05) is 6.07 Å². The Morgan fingerprint density at radius 2 is 1.72 bits per heavy atom. The summed E-state index contributed by atoms with van der Waals surface area (Å²) >= 11 is 11.7. The van der Waals surface area contributed by atoms with Gasteiger partial charge in [0, 0.05) is 15.6 Å². The predicted molar refractivity (Wildman–Crippen MR) is 111 cm³/mol. The molecule has 0 atom stereocenters. The summed E-state index contributed by atoms with van der Waals surface area (Å²) in [5.74, 6) is -0.660. The van der Waals surface area contributed by atoms with E-state index in [0.717, 1.165) is 10.2 Å². The number of benzene rings is 2. The molecule has 144 valence electrons. The molecule has 1 N–H and O–H groups in total. The minimum atomic E-state index is -0.660. The molecule has 29 heavy (non-hydrogen) atoms.